The molecule has 0 spiro atoms. The molecule has 0 unspecified atom stereocenters. The molecule has 1 saturated heterocycles. The van der Waals surface area contributed by atoms with Crippen molar-refractivity contribution in [1.82, 2.24) is 9.88 Å². The highest BCUT2D eigenvalue weighted by atomic mass is 32.2. The van der Waals surface area contributed by atoms with Crippen molar-refractivity contribution >= 4 is 27.9 Å². The molecule has 0 bridgehead atoms. The summed E-state index contributed by atoms with van der Waals surface area (Å²) in [6, 6.07) is 7.22. The van der Waals surface area contributed by atoms with Crippen molar-refractivity contribution in [2.24, 2.45) is 0 Å². The third kappa shape index (κ3) is 4.21. The van der Waals surface area contributed by atoms with E-state index in [-0.39, 0.29) is 5.82 Å². The third-order valence-corrected chi connectivity index (χ3v) is 6.35. The minimum atomic E-state index is -3.71. The Morgan fingerprint density at radius 3 is 2.19 bits per heavy atom. The number of sulfonamides is 1. The number of nitrogens with zero attached hydrogens (tertiary/aromatic N) is 3. The minimum absolute atomic E-state index is 0.282. The highest BCUT2D eigenvalue weighted by Gasteiger charge is 2.21. The lowest BCUT2D eigenvalue weighted by Gasteiger charge is -2.33. The average molecular weight is 388 g/mol. The number of carbonyl (C=O) groups is 1. The van der Waals surface area contributed by atoms with Crippen LogP contribution in [0.3, 0.4) is 0 Å². The standard InChI is InChI=1S/C19H24N4O3S/c1-14-10-15(2)19(16(3)11-14)27(25,26)21-18-5-4-17(12-20-18)23-8-6-22(13-24)7-9-23/h4-5,10-13H,6-9H2,1-3H3,(H,20,21). The number of hydrogen-bond acceptors (Lipinski definition) is 5. The van der Waals surface area contributed by atoms with Gasteiger partial charge >= 0.3 is 0 Å². The molecule has 27 heavy (non-hydrogen) atoms. The van der Waals surface area contributed by atoms with E-state index in [1.165, 1.54) is 0 Å². The normalized spacial score (nSPS) is 14.9. The molecule has 1 aromatic carbocycles. The van der Waals surface area contributed by atoms with E-state index >= 15 is 0 Å². The molecule has 144 valence electrons. The maximum atomic E-state index is 12.8. The predicted octanol–water partition coefficient (Wildman–Crippen LogP) is 2.09. The van der Waals surface area contributed by atoms with Crippen LogP contribution in [-0.2, 0) is 14.8 Å². The summed E-state index contributed by atoms with van der Waals surface area (Å²) >= 11 is 0. The molecule has 0 atom stereocenters. The first-order valence-corrected chi connectivity index (χ1v) is 10.3. The van der Waals surface area contributed by atoms with Crippen molar-refractivity contribution in [3.05, 3.63) is 47.2 Å². The lowest BCUT2D eigenvalue weighted by molar-refractivity contribution is -0.118. The van der Waals surface area contributed by atoms with Gasteiger partial charge < -0.3 is 9.80 Å². The van der Waals surface area contributed by atoms with Crippen molar-refractivity contribution in [2.75, 3.05) is 35.8 Å². The molecule has 1 aromatic heterocycles. The number of piperazine rings is 1. The molecule has 2 aromatic rings. The fourth-order valence-electron chi connectivity index (χ4n) is 3.50. The number of aryl methyl sites for hydroxylation is 3. The Bertz CT molecular complexity index is 911. The quantitative estimate of drug-likeness (QED) is 0.793. The molecule has 0 saturated carbocycles. The number of benzene rings is 1. The van der Waals surface area contributed by atoms with Crippen molar-refractivity contribution in [3.8, 4) is 0 Å². The SMILES string of the molecule is Cc1cc(C)c(S(=O)(=O)Nc2ccc(N3CCN(C=O)CC3)cn2)c(C)c1. The van der Waals surface area contributed by atoms with Gasteiger partial charge in [0.15, 0.2) is 0 Å². The van der Waals surface area contributed by atoms with Crippen molar-refractivity contribution < 1.29 is 13.2 Å². The topological polar surface area (TPSA) is 82.6 Å². The zero-order valence-electron chi connectivity index (χ0n) is 15.8. The summed E-state index contributed by atoms with van der Waals surface area (Å²) in [6.07, 6.45) is 2.52. The molecule has 0 aliphatic carbocycles. The minimum Gasteiger partial charge on any atom is -0.367 e. The number of aromatic nitrogens is 1. The Morgan fingerprint density at radius 1 is 1.04 bits per heavy atom. The molecule has 2 heterocycles. The Hall–Kier alpha value is -2.61. The van der Waals surface area contributed by atoms with Gasteiger partial charge in [0.1, 0.15) is 5.82 Å². The number of pyridine rings is 1. The van der Waals surface area contributed by atoms with Gasteiger partial charge in [-0.15, -0.1) is 0 Å². The Labute approximate surface area is 160 Å². The van der Waals surface area contributed by atoms with Gasteiger partial charge in [-0.2, -0.15) is 0 Å². The maximum Gasteiger partial charge on any atom is 0.263 e. The fraction of sp³-hybridized carbons (Fsp3) is 0.368. The summed E-state index contributed by atoms with van der Waals surface area (Å²) in [7, 11) is -3.71. The van der Waals surface area contributed by atoms with Crippen LogP contribution >= 0.6 is 0 Å². The van der Waals surface area contributed by atoms with E-state index in [1.807, 2.05) is 25.1 Å². The summed E-state index contributed by atoms with van der Waals surface area (Å²) in [5, 5.41) is 0. The van der Waals surface area contributed by atoms with Gasteiger partial charge in [0.2, 0.25) is 6.41 Å². The zero-order valence-corrected chi connectivity index (χ0v) is 16.6. The van der Waals surface area contributed by atoms with Crippen LogP contribution in [0.25, 0.3) is 0 Å². The highest BCUT2D eigenvalue weighted by molar-refractivity contribution is 7.92. The second kappa shape index (κ2) is 7.56. The van der Waals surface area contributed by atoms with Crippen molar-refractivity contribution in [2.45, 2.75) is 25.7 Å². The van der Waals surface area contributed by atoms with Gasteiger partial charge in [-0.3, -0.25) is 9.52 Å². The Balaban J connectivity index is 1.76. The molecule has 3 rings (SSSR count). The largest absolute Gasteiger partial charge is 0.367 e. The van der Waals surface area contributed by atoms with Gasteiger partial charge in [0, 0.05) is 26.2 Å². The zero-order chi connectivity index (χ0) is 19.6. The molecule has 1 fully saturated rings. The van der Waals surface area contributed by atoms with Crippen molar-refractivity contribution in [3.63, 3.8) is 0 Å². The highest BCUT2D eigenvalue weighted by Crippen LogP contribution is 2.24. The van der Waals surface area contributed by atoms with Crippen LogP contribution in [0, 0.1) is 20.8 Å². The van der Waals surface area contributed by atoms with E-state index in [9.17, 15) is 13.2 Å². The first kappa shape index (κ1) is 19.2. The first-order chi connectivity index (χ1) is 12.8. The summed E-state index contributed by atoms with van der Waals surface area (Å²) in [4.78, 5) is 19.2. The second-order valence-corrected chi connectivity index (χ2v) is 8.48. The van der Waals surface area contributed by atoms with E-state index in [2.05, 4.69) is 14.6 Å². The van der Waals surface area contributed by atoms with Crippen LogP contribution in [0.4, 0.5) is 11.5 Å². The van der Waals surface area contributed by atoms with Crippen LogP contribution in [0.2, 0.25) is 0 Å². The van der Waals surface area contributed by atoms with E-state index in [0.29, 0.717) is 29.1 Å². The van der Waals surface area contributed by atoms with E-state index in [0.717, 1.165) is 30.8 Å². The number of nitrogens with one attached hydrogen (secondary N) is 1. The number of anilines is 2. The summed E-state index contributed by atoms with van der Waals surface area (Å²) < 4.78 is 28.2. The Kier molecular flexibility index (Phi) is 5.36. The molecule has 8 heteroatoms. The van der Waals surface area contributed by atoms with Crippen LogP contribution in [-0.4, -0.2) is 50.9 Å². The number of hydrogen-bond donors (Lipinski definition) is 1. The van der Waals surface area contributed by atoms with Gasteiger partial charge in [0.05, 0.1) is 16.8 Å². The van der Waals surface area contributed by atoms with Crippen molar-refractivity contribution in [1.29, 1.82) is 0 Å². The van der Waals surface area contributed by atoms with Gasteiger partial charge in [0.25, 0.3) is 10.0 Å². The molecule has 1 aliphatic rings. The molecular formula is C19H24N4O3S. The molecular weight excluding hydrogens is 364 g/mol. The fourth-order valence-corrected chi connectivity index (χ4v) is 4.96. The maximum absolute atomic E-state index is 12.8. The molecule has 1 amide bonds. The molecule has 1 aliphatic heterocycles. The number of rotatable bonds is 5. The van der Waals surface area contributed by atoms with Gasteiger partial charge in [-0.25, -0.2) is 13.4 Å². The van der Waals surface area contributed by atoms with Crippen LogP contribution < -0.4 is 9.62 Å². The summed E-state index contributed by atoms with van der Waals surface area (Å²) in [5.74, 6) is 0.282. The smallest absolute Gasteiger partial charge is 0.263 e. The van der Waals surface area contributed by atoms with Gasteiger partial charge in [-0.1, -0.05) is 17.7 Å². The van der Waals surface area contributed by atoms with Gasteiger partial charge in [-0.05, 0) is 44.0 Å². The monoisotopic (exact) mass is 388 g/mol. The summed E-state index contributed by atoms with van der Waals surface area (Å²) in [5.41, 5.74) is 3.36. The van der Waals surface area contributed by atoms with E-state index in [4.69, 9.17) is 0 Å². The predicted molar refractivity (Wildman–Crippen MR) is 106 cm³/mol. The van der Waals surface area contributed by atoms with Crippen LogP contribution in [0.15, 0.2) is 35.4 Å². The average Bonchev–Trinajstić information content (AvgIpc) is 2.61. The lowest BCUT2D eigenvalue weighted by atomic mass is 10.1. The molecule has 1 N–H and O–H groups in total. The van der Waals surface area contributed by atoms with Crippen LogP contribution in [0.5, 0.6) is 0 Å². The summed E-state index contributed by atoms with van der Waals surface area (Å²) in [6.45, 7) is 8.33. The number of amides is 1. The molecule has 0 radical (unpaired) electrons. The third-order valence-electron chi connectivity index (χ3n) is 4.69. The second-order valence-electron chi connectivity index (χ2n) is 6.86. The first-order valence-electron chi connectivity index (χ1n) is 8.81. The number of carbonyl (C=O) groups excluding carboxylic acids is 1. The molecule has 7 nitrogen and oxygen atoms in total. The van der Waals surface area contributed by atoms with E-state index in [1.54, 1.807) is 31.0 Å². The Morgan fingerprint density at radius 2 is 1.67 bits per heavy atom. The van der Waals surface area contributed by atoms with E-state index < -0.39 is 10.0 Å². The lowest BCUT2D eigenvalue weighted by Crippen LogP contribution is -2.45. The van der Waals surface area contributed by atoms with Crippen LogP contribution in [0.1, 0.15) is 16.7 Å².